The molecule has 0 aromatic heterocycles. The van der Waals surface area contributed by atoms with E-state index in [-0.39, 0.29) is 29.9 Å². The lowest BCUT2D eigenvalue weighted by Gasteiger charge is -2.34. The molecule has 1 atom stereocenters. The highest BCUT2D eigenvalue weighted by molar-refractivity contribution is 5.94. The Kier molecular flexibility index (Phi) is 8.11. The Morgan fingerprint density at radius 1 is 1.23 bits per heavy atom. The molecule has 2 aromatic carbocycles. The summed E-state index contributed by atoms with van der Waals surface area (Å²) in [6.07, 6.45) is 0. The van der Waals surface area contributed by atoms with Gasteiger partial charge < -0.3 is 10.1 Å². The highest BCUT2D eigenvalue weighted by Crippen LogP contribution is 2.25. The zero-order chi connectivity index (χ0) is 22.2. The van der Waals surface area contributed by atoms with Crippen LogP contribution in [0.25, 0.3) is 0 Å². The first-order valence-corrected chi connectivity index (χ1v) is 10.6. The molecule has 0 bridgehead atoms. The summed E-state index contributed by atoms with van der Waals surface area (Å²) in [5.41, 5.74) is 2.02. The Hall–Kier alpha value is -2.81. The summed E-state index contributed by atoms with van der Waals surface area (Å²) >= 11 is 0. The molecule has 2 aromatic rings. The highest BCUT2D eigenvalue weighted by Gasteiger charge is 2.23. The summed E-state index contributed by atoms with van der Waals surface area (Å²) < 4.78 is 5.43. The fraction of sp³-hybridized carbons (Fsp3) is 0.435. The molecule has 0 saturated carbocycles. The van der Waals surface area contributed by atoms with Gasteiger partial charge in [-0.05, 0) is 31.0 Å². The van der Waals surface area contributed by atoms with Crippen molar-refractivity contribution >= 4 is 17.3 Å². The van der Waals surface area contributed by atoms with Crippen molar-refractivity contribution in [2.75, 3.05) is 44.7 Å². The SMILES string of the molecule is Cc1ccc(NC(=O)CN(Cc2ccccc2)C(C)CN2CCOCC2)c([N+](=O)[O-])c1. The van der Waals surface area contributed by atoms with Gasteiger partial charge >= 0.3 is 0 Å². The first-order chi connectivity index (χ1) is 14.9. The molecule has 1 aliphatic rings. The topological polar surface area (TPSA) is 88.0 Å². The predicted octanol–water partition coefficient (Wildman–Crippen LogP) is 3.06. The lowest BCUT2D eigenvalue weighted by molar-refractivity contribution is -0.384. The van der Waals surface area contributed by atoms with Crippen LogP contribution >= 0.6 is 0 Å². The van der Waals surface area contributed by atoms with Crippen molar-refractivity contribution < 1.29 is 14.5 Å². The van der Waals surface area contributed by atoms with Crippen molar-refractivity contribution in [3.63, 3.8) is 0 Å². The van der Waals surface area contributed by atoms with Crippen molar-refractivity contribution in [2.24, 2.45) is 0 Å². The maximum Gasteiger partial charge on any atom is 0.293 e. The molecule has 0 radical (unpaired) electrons. The van der Waals surface area contributed by atoms with Crippen molar-refractivity contribution in [3.05, 3.63) is 69.8 Å². The summed E-state index contributed by atoms with van der Waals surface area (Å²) in [4.78, 5) is 28.2. The molecule has 8 nitrogen and oxygen atoms in total. The number of carbonyl (C=O) groups is 1. The number of nitro groups is 1. The van der Waals surface area contributed by atoms with Crippen molar-refractivity contribution in [2.45, 2.75) is 26.4 Å². The Bertz CT molecular complexity index is 884. The number of ether oxygens (including phenoxy) is 1. The number of hydrogen-bond donors (Lipinski definition) is 1. The number of carbonyl (C=O) groups excluding carboxylic acids is 1. The minimum Gasteiger partial charge on any atom is -0.379 e. The molecule has 8 heteroatoms. The molecule has 1 aliphatic heterocycles. The van der Waals surface area contributed by atoms with E-state index in [4.69, 9.17) is 4.74 Å². The predicted molar refractivity (Wildman–Crippen MR) is 120 cm³/mol. The lowest BCUT2D eigenvalue weighted by atomic mass is 10.1. The van der Waals surface area contributed by atoms with Crippen LogP contribution < -0.4 is 5.32 Å². The van der Waals surface area contributed by atoms with Crippen LogP contribution in [0, 0.1) is 17.0 Å². The van der Waals surface area contributed by atoms with E-state index >= 15 is 0 Å². The molecule has 1 fully saturated rings. The number of aryl methyl sites for hydroxylation is 1. The van der Waals surface area contributed by atoms with Gasteiger partial charge in [0.05, 0.1) is 24.7 Å². The van der Waals surface area contributed by atoms with Gasteiger partial charge in [0, 0.05) is 38.3 Å². The maximum atomic E-state index is 12.9. The molecular weight excluding hydrogens is 396 g/mol. The Morgan fingerprint density at radius 3 is 2.61 bits per heavy atom. The molecule has 1 N–H and O–H groups in total. The van der Waals surface area contributed by atoms with Crippen LogP contribution in [0.3, 0.4) is 0 Å². The van der Waals surface area contributed by atoms with Crippen LogP contribution in [-0.2, 0) is 16.1 Å². The van der Waals surface area contributed by atoms with E-state index in [1.165, 1.54) is 6.07 Å². The largest absolute Gasteiger partial charge is 0.379 e. The van der Waals surface area contributed by atoms with Gasteiger partial charge in [-0.25, -0.2) is 0 Å². The molecular formula is C23H30N4O4. The fourth-order valence-corrected chi connectivity index (χ4v) is 3.73. The number of rotatable bonds is 9. The average molecular weight is 427 g/mol. The van der Waals surface area contributed by atoms with E-state index < -0.39 is 4.92 Å². The highest BCUT2D eigenvalue weighted by atomic mass is 16.6. The maximum absolute atomic E-state index is 12.9. The number of amides is 1. The van der Waals surface area contributed by atoms with Gasteiger partial charge in [0.1, 0.15) is 5.69 Å². The van der Waals surface area contributed by atoms with Crippen molar-refractivity contribution in [1.82, 2.24) is 9.80 Å². The van der Waals surface area contributed by atoms with Crippen LogP contribution in [0.2, 0.25) is 0 Å². The van der Waals surface area contributed by atoms with E-state index in [2.05, 4.69) is 22.0 Å². The number of anilines is 1. The fourth-order valence-electron chi connectivity index (χ4n) is 3.73. The number of nitrogens with zero attached hydrogens (tertiary/aromatic N) is 3. The van der Waals surface area contributed by atoms with E-state index in [0.29, 0.717) is 6.54 Å². The third kappa shape index (κ3) is 6.85. The first kappa shape index (κ1) is 22.9. The molecule has 1 unspecified atom stereocenters. The second-order valence-corrected chi connectivity index (χ2v) is 7.98. The van der Waals surface area contributed by atoms with Gasteiger partial charge in [0.15, 0.2) is 0 Å². The third-order valence-electron chi connectivity index (χ3n) is 5.45. The van der Waals surface area contributed by atoms with Gasteiger partial charge in [-0.2, -0.15) is 0 Å². The van der Waals surface area contributed by atoms with E-state index in [1.807, 2.05) is 30.3 Å². The molecule has 166 valence electrons. The monoisotopic (exact) mass is 426 g/mol. The van der Waals surface area contributed by atoms with Crippen LogP contribution in [0.15, 0.2) is 48.5 Å². The summed E-state index contributed by atoms with van der Waals surface area (Å²) in [6, 6.07) is 14.9. The average Bonchev–Trinajstić information content (AvgIpc) is 2.76. The van der Waals surface area contributed by atoms with Crippen LogP contribution in [0.5, 0.6) is 0 Å². The number of morpholine rings is 1. The zero-order valence-corrected chi connectivity index (χ0v) is 18.1. The van der Waals surface area contributed by atoms with Crippen LogP contribution in [0.1, 0.15) is 18.1 Å². The minimum atomic E-state index is -0.467. The normalized spacial score (nSPS) is 15.6. The van der Waals surface area contributed by atoms with Crippen molar-refractivity contribution in [3.8, 4) is 0 Å². The molecule has 3 rings (SSSR count). The standard InChI is InChI=1S/C23H30N4O4/c1-18-8-9-21(22(14-18)27(29)30)24-23(28)17-26(16-20-6-4-3-5-7-20)19(2)15-25-10-12-31-13-11-25/h3-9,14,19H,10-13,15-17H2,1-2H3,(H,24,28). The summed E-state index contributed by atoms with van der Waals surface area (Å²) in [6.45, 7) is 8.70. The van der Waals surface area contributed by atoms with Gasteiger partial charge in [0.25, 0.3) is 5.69 Å². The van der Waals surface area contributed by atoms with Crippen LogP contribution in [0.4, 0.5) is 11.4 Å². The Morgan fingerprint density at radius 2 is 1.94 bits per heavy atom. The summed E-state index contributed by atoms with van der Waals surface area (Å²) in [7, 11) is 0. The Labute approximate surface area is 182 Å². The van der Waals surface area contributed by atoms with E-state index in [9.17, 15) is 14.9 Å². The molecule has 1 amide bonds. The molecule has 1 saturated heterocycles. The van der Waals surface area contributed by atoms with E-state index in [0.717, 1.165) is 44.0 Å². The molecule has 31 heavy (non-hydrogen) atoms. The second-order valence-electron chi connectivity index (χ2n) is 7.98. The minimum absolute atomic E-state index is 0.0932. The first-order valence-electron chi connectivity index (χ1n) is 10.6. The van der Waals surface area contributed by atoms with Gasteiger partial charge in [-0.15, -0.1) is 0 Å². The number of nitro benzene ring substituents is 1. The second kappa shape index (κ2) is 11.0. The Balaban J connectivity index is 1.71. The summed E-state index contributed by atoms with van der Waals surface area (Å²) in [5, 5.41) is 14.1. The van der Waals surface area contributed by atoms with Gasteiger partial charge in [0.2, 0.25) is 5.91 Å². The van der Waals surface area contributed by atoms with Crippen molar-refractivity contribution in [1.29, 1.82) is 0 Å². The lowest BCUT2D eigenvalue weighted by Crippen LogP contribution is -2.47. The van der Waals surface area contributed by atoms with E-state index in [1.54, 1.807) is 19.1 Å². The number of hydrogen-bond acceptors (Lipinski definition) is 6. The van der Waals surface area contributed by atoms with Gasteiger partial charge in [-0.1, -0.05) is 36.4 Å². The third-order valence-corrected chi connectivity index (χ3v) is 5.45. The quantitative estimate of drug-likeness (QED) is 0.490. The summed E-state index contributed by atoms with van der Waals surface area (Å²) in [5.74, 6) is -0.267. The molecule has 1 heterocycles. The number of nitrogens with one attached hydrogen (secondary N) is 1. The molecule has 0 aliphatic carbocycles. The zero-order valence-electron chi connectivity index (χ0n) is 18.1. The van der Waals surface area contributed by atoms with Gasteiger partial charge in [-0.3, -0.25) is 24.7 Å². The number of benzene rings is 2. The molecule has 0 spiro atoms. The smallest absolute Gasteiger partial charge is 0.293 e. The van der Waals surface area contributed by atoms with Crippen LogP contribution in [-0.4, -0.2) is 66.1 Å².